The van der Waals surface area contributed by atoms with Crippen LogP contribution < -0.4 is 15.4 Å². The summed E-state index contributed by atoms with van der Waals surface area (Å²) in [6.07, 6.45) is 5.11. The Kier molecular flexibility index (Phi) is 7.05. The molecule has 1 amide bonds. The predicted molar refractivity (Wildman–Crippen MR) is 112 cm³/mol. The molecule has 0 radical (unpaired) electrons. The van der Waals surface area contributed by atoms with Crippen molar-refractivity contribution in [1.82, 2.24) is 5.32 Å². The molecule has 30 heavy (non-hydrogen) atoms. The number of rotatable bonds is 7. The van der Waals surface area contributed by atoms with Crippen molar-refractivity contribution in [2.24, 2.45) is 5.14 Å². The second-order valence-electron chi connectivity index (χ2n) is 7.26. The van der Waals surface area contributed by atoms with Gasteiger partial charge in [0.1, 0.15) is 23.2 Å². The lowest BCUT2D eigenvalue weighted by Gasteiger charge is -2.23. The lowest BCUT2D eigenvalue weighted by molar-refractivity contribution is -0.903. The molecule has 8 nitrogen and oxygen atoms in total. The summed E-state index contributed by atoms with van der Waals surface area (Å²) in [7, 11) is -3.76. The number of hydrogen-bond donors (Lipinski definition) is 3. The van der Waals surface area contributed by atoms with Gasteiger partial charge < -0.3 is 14.6 Å². The van der Waals surface area contributed by atoms with Gasteiger partial charge in [-0.05, 0) is 55.7 Å². The predicted octanol–water partition coefficient (Wildman–Crippen LogP) is 0.686. The lowest BCUT2D eigenvalue weighted by Crippen LogP contribution is -3.13. The van der Waals surface area contributed by atoms with Gasteiger partial charge >= 0.3 is 0 Å². The number of amides is 1. The number of nitrogens with zero attached hydrogens (tertiary/aromatic N) is 1. The first kappa shape index (κ1) is 21.8. The van der Waals surface area contributed by atoms with E-state index < -0.39 is 15.9 Å². The van der Waals surface area contributed by atoms with Crippen molar-refractivity contribution >= 4 is 22.0 Å². The molecule has 1 saturated heterocycles. The minimum Gasteiger partial charge on any atom is -0.457 e. The molecule has 0 spiro atoms. The average Bonchev–Trinajstić information content (AvgIpc) is 3.21. The summed E-state index contributed by atoms with van der Waals surface area (Å²) in [6, 6.07) is 11.2. The number of likely N-dealkylation sites (tertiary alicyclic amines) is 1. The number of nitriles is 1. The first-order valence-corrected chi connectivity index (χ1v) is 11.4. The Morgan fingerprint density at radius 2 is 1.87 bits per heavy atom. The van der Waals surface area contributed by atoms with Gasteiger partial charge in [0.15, 0.2) is 0 Å². The third kappa shape index (κ3) is 5.79. The number of furan rings is 1. The fourth-order valence-corrected chi connectivity index (χ4v) is 3.95. The van der Waals surface area contributed by atoms with Crippen LogP contribution in [0.4, 0.5) is 0 Å². The summed E-state index contributed by atoms with van der Waals surface area (Å²) in [5.41, 5.74) is 0.614. The van der Waals surface area contributed by atoms with E-state index in [0.717, 1.165) is 19.6 Å². The molecular formula is C21H25N4O4S+. The van der Waals surface area contributed by atoms with Crippen LogP contribution in [0.5, 0.6) is 0 Å². The van der Waals surface area contributed by atoms with Gasteiger partial charge in [0.2, 0.25) is 10.0 Å². The van der Waals surface area contributed by atoms with Gasteiger partial charge in [-0.3, -0.25) is 4.79 Å². The molecule has 1 aliphatic rings. The zero-order valence-electron chi connectivity index (χ0n) is 16.6. The van der Waals surface area contributed by atoms with Gasteiger partial charge in [0.05, 0.1) is 31.1 Å². The number of carbonyl (C=O) groups is 1. The van der Waals surface area contributed by atoms with E-state index >= 15 is 0 Å². The van der Waals surface area contributed by atoms with E-state index in [-0.39, 0.29) is 10.5 Å². The van der Waals surface area contributed by atoms with E-state index in [1.807, 2.05) is 6.07 Å². The first-order valence-electron chi connectivity index (χ1n) is 9.83. The van der Waals surface area contributed by atoms with E-state index in [0.29, 0.717) is 23.6 Å². The van der Waals surface area contributed by atoms with Gasteiger partial charge in [-0.15, -0.1) is 0 Å². The number of hydrogen-bond acceptors (Lipinski definition) is 5. The Morgan fingerprint density at radius 1 is 1.17 bits per heavy atom. The minimum atomic E-state index is -3.76. The highest BCUT2D eigenvalue weighted by Gasteiger charge is 2.15. The van der Waals surface area contributed by atoms with Crippen molar-refractivity contribution in [1.29, 1.82) is 5.26 Å². The van der Waals surface area contributed by atoms with Crippen molar-refractivity contribution in [2.75, 3.05) is 26.2 Å². The second-order valence-corrected chi connectivity index (χ2v) is 8.82. The summed E-state index contributed by atoms with van der Waals surface area (Å²) in [5, 5.41) is 17.2. The summed E-state index contributed by atoms with van der Waals surface area (Å²) in [6.45, 7) is 3.63. The zero-order valence-corrected chi connectivity index (χ0v) is 17.4. The molecule has 0 bridgehead atoms. The summed E-state index contributed by atoms with van der Waals surface area (Å²) >= 11 is 0. The molecular weight excluding hydrogens is 404 g/mol. The van der Waals surface area contributed by atoms with Gasteiger partial charge in [-0.25, -0.2) is 13.6 Å². The number of benzene rings is 1. The summed E-state index contributed by atoms with van der Waals surface area (Å²) in [4.78, 5) is 13.8. The second kappa shape index (κ2) is 9.71. The third-order valence-corrected chi connectivity index (χ3v) is 6.00. The molecule has 1 aromatic carbocycles. The quantitative estimate of drug-likeness (QED) is 0.440. The normalized spacial score (nSPS) is 15.5. The molecule has 9 heteroatoms. The van der Waals surface area contributed by atoms with Crippen molar-refractivity contribution in [3.8, 4) is 17.4 Å². The molecule has 0 saturated carbocycles. The maximum atomic E-state index is 12.3. The van der Waals surface area contributed by atoms with Crippen molar-refractivity contribution < 1.29 is 22.5 Å². The highest BCUT2D eigenvalue weighted by Crippen LogP contribution is 2.24. The van der Waals surface area contributed by atoms with Crippen LogP contribution in [0.25, 0.3) is 17.4 Å². The fourth-order valence-electron chi connectivity index (χ4n) is 3.44. The number of nitrogens with two attached hydrogens (primary N) is 1. The van der Waals surface area contributed by atoms with Crippen LogP contribution in [0.15, 0.2) is 51.3 Å². The standard InChI is InChI=1S/C21H24N4O4S/c22-15-17(21(26)24-10-13-25-11-2-1-3-12-25)14-18-6-9-20(29-18)16-4-7-19(8-5-16)30(23,27)28/h4-9,14H,1-3,10-13H2,(H,24,26)(H2,23,27,28)/p+1/b17-14-. The summed E-state index contributed by atoms with van der Waals surface area (Å²) in [5.74, 6) is 0.409. The number of sulfonamides is 1. The van der Waals surface area contributed by atoms with E-state index in [1.54, 1.807) is 24.3 Å². The number of quaternary nitrogens is 1. The van der Waals surface area contributed by atoms with Crippen molar-refractivity contribution in [3.05, 3.63) is 47.7 Å². The van der Waals surface area contributed by atoms with E-state index in [2.05, 4.69) is 5.32 Å². The van der Waals surface area contributed by atoms with E-state index in [4.69, 9.17) is 9.56 Å². The molecule has 2 aromatic rings. The Hall–Kier alpha value is -2.93. The topological polar surface area (TPSA) is 131 Å². The molecule has 1 aromatic heterocycles. The van der Waals surface area contributed by atoms with Crippen LogP contribution in [-0.2, 0) is 14.8 Å². The molecule has 1 fully saturated rings. The maximum absolute atomic E-state index is 12.3. The molecule has 2 heterocycles. The molecule has 0 aliphatic carbocycles. The Morgan fingerprint density at radius 3 is 2.50 bits per heavy atom. The maximum Gasteiger partial charge on any atom is 0.262 e. The fraction of sp³-hybridized carbons (Fsp3) is 0.333. The van der Waals surface area contributed by atoms with Crippen LogP contribution in [0.1, 0.15) is 25.0 Å². The SMILES string of the molecule is N#C/C(=C/c1ccc(-c2ccc(S(N)(=O)=O)cc2)o1)C(=O)NCC[NH+]1CCCCC1. The van der Waals surface area contributed by atoms with E-state index in [1.165, 1.54) is 42.4 Å². The molecule has 3 rings (SSSR count). The zero-order chi connectivity index (χ0) is 21.6. The summed E-state index contributed by atoms with van der Waals surface area (Å²) < 4.78 is 28.4. The Balaban J connectivity index is 1.62. The lowest BCUT2D eigenvalue weighted by atomic mass is 10.1. The highest BCUT2D eigenvalue weighted by molar-refractivity contribution is 7.89. The average molecular weight is 430 g/mol. The number of piperidine rings is 1. The molecule has 1 aliphatic heterocycles. The first-order chi connectivity index (χ1) is 14.4. The van der Waals surface area contributed by atoms with Crippen molar-refractivity contribution in [3.63, 3.8) is 0 Å². The monoisotopic (exact) mass is 429 g/mol. The van der Waals surface area contributed by atoms with E-state index in [9.17, 15) is 18.5 Å². The van der Waals surface area contributed by atoms with Crippen LogP contribution in [0.3, 0.4) is 0 Å². The van der Waals surface area contributed by atoms with Crippen molar-refractivity contribution in [2.45, 2.75) is 24.2 Å². The third-order valence-electron chi connectivity index (χ3n) is 5.07. The Labute approximate surface area is 176 Å². The molecule has 0 atom stereocenters. The Bertz CT molecular complexity index is 1060. The smallest absolute Gasteiger partial charge is 0.262 e. The van der Waals surface area contributed by atoms with Crippen LogP contribution in [0.2, 0.25) is 0 Å². The van der Waals surface area contributed by atoms with Gasteiger partial charge in [-0.1, -0.05) is 0 Å². The molecule has 4 N–H and O–H groups in total. The highest BCUT2D eigenvalue weighted by atomic mass is 32.2. The molecule has 0 unspecified atom stereocenters. The number of primary sulfonamides is 1. The van der Waals surface area contributed by atoms with Gasteiger partial charge in [0, 0.05) is 11.6 Å². The van der Waals surface area contributed by atoms with Crippen LogP contribution in [-0.4, -0.2) is 40.5 Å². The largest absolute Gasteiger partial charge is 0.457 e. The molecule has 158 valence electrons. The minimum absolute atomic E-state index is 0.00718. The van der Waals surface area contributed by atoms with Crippen LogP contribution in [0, 0.1) is 11.3 Å². The number of nitrogens with one attached hydrogen (secondary N) is 2. The van der Waals surface area contributed by atoms with Gasteiger partial charge in [-0.2, -0.15) is 5.26 Å². The number of carbonyl (C=O) groups excluding carboxylic acids is 1. The van der Waals surface area contributed by atoms with Gasteiger partial charge in [0.25, 0.3) is 5.91 Å². The van der Waals surface area contributed by atoms with Crippen LogP contribution >= 0.6 is 0 Å².